The Morgan fingerprint density at radius 2 is 2.11 bits per heavy atom. The molecule has 27 heavy (non-hydrogen) atoms. The van der Waals surface area contributed by atoms with Gasteiger partial charge in [-0.25, -0.2) is 4.39 Å². The van der Waals surface area contributed by atoms with Crippen LogP contribution in [0.2, 0.25) is 0 Å². The number of aromatic nitrogens is 1. The molecule has 1 aliphatic rings. The van der Waals surface area contributed by atoms with Gasteiger partial charge in [0.05, 0.1) is 12.2 Å². The summed E-state index contributed by atoms with van der Waals surface area (Å²) in [6.45, 7) is 2.72. The number of halogens is 1. The van der Waals surface area contributed by atoms with Gasteiger partial charge in [0.2, 0.25) is 11.8 Å². The number of benzene rings is 1. The van der Waals surface area contributed by atoms with Crippen molar-refractivity contribution in [1.29, 1.82) is 0 Å². The third-order valence-corrected chi connectivity index (χ3v) is 5.11. The van der Waals surface area contributed by atoms with Crippen LogP contribution in [0.1, 0.15) is 24.1 Å². The molecule has 0 saturated carbocycles. The Balaban J connectivity index is 1.73. The molecule has 2 heterocycles. The van der Waals surface area contributed by atoms with Crippen molar-refractivity contribution in [1.82, 2.24) is 9.88 Å². The zero-order valence-electron chi connectivity index (χ0n) is 15.2. The van der Waals surface area contributed by atoms with Crippen LogP contribution in [0.4, 0.5) is 10.1 Å². The van der Waals surface area contributed by atoms with Crippen molar-refractivity contribution < 1.29 is 14.0 Å². The number of pyridine rings is 1. The van der Waals surface area contributed by atoms with Gasteiger partial charge in [-0.1, -0.05) is 12.1 Å². The summed E-state index contributed by atoms with van der Waals surface area (Å²) >= 11 is 0. The van der Waals surface area contributed by atoms with Gasteiger partial charge in [0.15, 0.2) is 0 Å². The Bertz CT molecular complexity index is 843. The molecule has 1 aromatic carbocycles. The Morgan fingerprint density at radius 1 is 1.30 bits per heavy atom. The largest absolute Gasteiger partial charge is 0.369 e. The molecule has 1 aliphatic heterocycles. The number of amides is 2. The van der Waals surface area contributed by atoms with E-state index in [2.05, 4.69) is 10.3 Å². The third-order valence-electron chi connectivity index (χ3n) is 5.11. The standard InChI is InChI=1S/C20H23FN4O2/c1-14-15(21)6-4-7-16(14)24-18(26)12-25-11-5-9-20(13-25,19(22)27)17-8-2-3-10-23-17/h2-4,6-8,10H,5,9,11-13H2,1H3,(H2,22,27)(H,24,26). The van der Waals surface area contributed by atoms with E-state index < -0.39 is 11.3 Å². The monoisotopic (exact) mass is 370 g/mol. The SMILES string of the molecule is Cc1c(F)cccc1NC(=O)CN1CCCC(C(N)=O)(c2ccccn2)C1. The number of nitrogens with two attached hydrogens (primary N) is 1. The van der Waals surface area contributed by atoms with E-state index in [1.807, 2.05) is 11.0 Å². The second kappa shape index (κ2) is 7.84. The quantitative estimate of drug-likeness (QED) is 0.842. The van der Waals surface area contributed by atoms with E-state index in [9.17, 15) is 14.0 Å². The molecule has 3 rings (SSSR count). The van der Waals surface area contributed by atoms with E-state index in [0.717, 1.165) is 6.42 Å². The molecule has 1 aromatic heterocycles. The molecule has 2 aromatic rings. The molecular formula is C20H23FN4O2. The van der Waals surface area contributed by atoms with Gasteiger partial charge in [0.25, 0.3) is 0 Å². The number of hydrogen-bond donors (Lipinski definition) is 2. The van der Waals surface area contributed by atoms with Crippen LogP contribution < -0.4 is 11.1 Å². The van der Waals surface area contributed by atoms with E-state index in [4.69, 9.17) is 5.73 Å². The molecule has 0 bridgehead atoms. The summed E-state index contributed by atoms with van der Waals surface area (Å²) in [4.78, 5) is 31.0. The van der Waals surface area contributed by atoms with Gasteiger partial charge in [-0.05, 0) is 50.6 Å². The van der Waals surface area contributed by atoms with Crippen LogP contribution in [0, 0.1) is 12.7 Å². The number of nitrogens with one attached hydrogen (secondary N) is 1. The topological polar surface area (TPSA) is 88.3 Å². The van der Waals surface area contributed by atoms with E-state index in [-0.39, 0.29) is 18.3 Å². The predicted octanol–water partition coefficient (Wildman–Crippen LogP) is 1.99. The van der Waals surface area contributed by atoms with Crippen molar-refractivity contribution in [2.45, 2.75) is 25.2 Å². The first-order valence-electron chi connectivity index (χ1n) is 8.91. The summed E-state index contributed by atoms with van der Waals surface area (Å²) in [6, 6.07) is 9.97. The smallest absolute Gasteiger partial charge is 0.238 e. The number of piperidine rings is 1. The normalized spacial score (nSPS) is 20.2. The van der Waals surface area contributed by atoms with Crippen molar-refractivity contribution in [3.8, 4) is 0 Å². The maximum atomic E-state index is 13.6. The summed E-state index contributed by atoms with van der Waals surface area (Å²) < 4.78 is 13.6. The van der Waals surface area contributed by atoms with E-state index in [1.165, 1.54) is 6.07 Å². The summed E-state index contributed by atoms with van der Waals surface area (Å²) in [5.41, 5.74) is 6.30. The fourth-order valence-corrected chi connectivity index (χ4v) is 3.60. The average molecular weight is 370 g/mol. The zero-order valence-corrected chi connectivity index (χ0v) is 15.2. The molecule has 0 radical (unpaired) electrons. The van der Waals surface area contributed by atoms with Gasteiger partial charge in [0, 0.05) is 24.0 Å². The molecule has 1 saturated heterocycles. The maximum Gasteiger partial charge on any atom is 0.238 e. The van der Waals surface area contributed by atoms with Crippen LogP contribution in [-0.4, -0.2) is 41.3 Å². The first-order valence-corrected chi connectivity index (χ1v) is 8.91. The number of nitrogens with zero attached hydrogens (tertiary/aromatic N) is 2. The summed E-state index contributed by atoms with van der Waals surface area (Å²) in [6.07, 6.45) is 2.96. The lowest BCUT2D eigenvalue weighted by atomic mass is 9.76. The second-order valence-corrected chi connectivity index (χ2v) is 6.94. The molecule has 7 heteroatoms. The summed E-state index contributed by atoms with van der Waals surface area (Å²) in [7, 11) is 0. The lowest BCUT2D eigenvalue weighted by Crippen LogP contribution is -2.55. The van der Waals surface area contributed by atoms with Crippen molar-refractivity contribution in [2.24, 2.45) is 5.73 Å². The second-order valence-electron chi connectivity index (χ2n) is 6.94. The fraction of sp³-hybridized carbons (Fsp3) is 0.350. The van der Waals surface area contributed by atoms with E-state index in [0.29, 0.717) is 36.5 Å². The van der Waals surface area contributed by atoms with Crippen molar-refractivity contribution in [3.63, 3.8) is 0 Å². The summed E-state index contributed by atoms with van der Waals surface area (Å²) in [5, 5.41) is 2.74. The van der Waals surface area contributed by atoms with Crippen LogP contribution in [0.5, 0.6) is 0 Å². The zero-order chi connectivity index (χ0) is 19.4. The number of carbonyl (C=O) groups excluding carboxylic acids is 2. The van der Waals surface area contributed by atoms with Crippen LogP contribution in [0.25, 0.3) is 0 Å². The fourth-order valence-electron chi connectivity index (χ4n) is 3.60. The highest BCUT2D eigenvalue weighted by atomic mass is 19.1. The molecule has 0 spiro atoms. The van der Waals surface area contributed by atoms with Crippen molar-refractivity contribution in [3.05, 3.63) is 59.7 Å². The minimum Gasteiger partial charge on any atom is -0.369 e. The molecule has 0 aliphatic carbocycles. The highest BCUT2D eigenvalue weighted by Gasteiger charge is 2.43. The molecule has 1 fully saturated rings. The summed E-state index contributed by atoms with van der Waals surface area (Å²) in [5.74, 6) is -1.06. The molecule has 3 N–H and O–H groups in total. The molecule has 2 amide bonds. The minimum absolute atomic E-state index is 0.0951. The highest BCUT2D eigenvalue weighted by Crippen LogP contribution is 2.32. The first-order chi connectivity index (χ1) is 12.9. The number of primary amides is 1. The lowest BCUT2D eigenvalue weighted by molar-refractivity contribution is -0.127. The van der Waals surface area contributed by atoms with Crippen LogP contribution in [0.15, 0.2) is 42.6 Å². The van der Waals surface area contributed by atoms with Crippen LogP contribution in [-0.2, 0) is 15.0 Å². The lowest BCUT2D eigenvalue weighted by Gasteiger charge is -2.40. The Morgan fingerprint density at radius 3 is 2.81 bits per heavy atom. The number of anilines is 1. The predicted molar refractivity (Wildman–Crippen MR) is 101 cm³/mol. The molecule has 142 valence electrons. The Hall–Kier alpha value is -2.80. The molecule has 1 unspecified atom stereocenters. The highest BCUT2D eigenvalue weighted by molar-refractivity contribution is 5.93. The van der Waals surface area contributed by atoms with Crippen molar-refractivity contribution >= 4 is 17.5 Å². The molecule has 6 nitrogen and oxygen atoms in total. The average Bonchev–Trinajstić information content (AvgIpc) is 2.66. The van der Waals surface area contributed by atoms with Gasteiger partial charge in [0.1, 0.15) is 11.2 Å². The number of likely N-dealkylation sites (tertiary alicyclic amines) is 1. The van der Waals surface area contributed by atoms with Gasteiger partial charge in [-0.15, -0.1) is 0 Å². The van der Waals surface area contributed by atoms with Crippen LogP contribution >= 0.6 is 0 Å². The van der Waals surface area contributed by atoms with Gasteiger partial charge in [-0.3, -0.25) is 19.5 Å². The maximum absolute atomic E-state index is 13.6. The van der Waals surface area contributed by atoms with Gasteiger partial charge < -0.3 is 11.1 Å². The Labute approximate surface area is 157 Å². The Kier molecular flexibility index (Phi) is 5.51. The van der Waals surface area contributed by atoms with Gasteiger partial charge >= 0.3 is 0 Å². The van der Waals surface area contributed by atoms with Crippen molar-refractivity contribution in [2.75, 3.05) is 25.0 Å². The third kappa shape index (κ3) is 3.98. The number of hydrogen-bond acceptors (Lipinski definition) is 4. The van der Waals surface area contributed by atoms with Gasteiger partial charge in [-0.2, -0.15) is 0 Å². The minimum atomic E-state index is -0.908. The van der Waals surface area contributed by atoms with Crippen LogP contribution in [0.3, 0.4) is 0 Å². The number of carbonyl (C=O) groups is 2. The van der Waals surface area contributed by atoms with E-state index >= 15 is 0 Å². The molecular weight excluding hydrogens is 347 g/mol. The molecule has 1 atom stereocenters. The first kappa shape index (κ1) is 19.0. The van der Waals surface area contributed by atoms with E-state index in [1.54, 1.807) is 37.4 Å². The number of rotatable bonds is 5.